The van der Waals surface area contributed by atoms with Gasteiger partial charge in [-0.05, 0) is 79.1 Å². The van der Waals surface area contributed by atoms with Crippen molar-refractivity contribution in [2.45, 2.75) is 53.6 Å². The standard InChI is InChI=1S/C29H33F3N2O2/c1-20-18-33(16-14-27(20,2)3)21-6-10-23(11-7-21)36-24-12-8-22(9-13-24)34-17-15-28(4,5)25(19-34)26(35)29(30,31)32/h6-13,18-19H,14-17H2,1-5H3. The summed E-state index contributed by atoms with van der Waals surface area (Å²) in [6.07, 6.45) is 0.191. The zero-order valence-corrected chi connectivity index (χ0v) is 21.4. The molecule has 0 N–H and O–H groups in total. The lowest BCUT2D eigenvalue weighted by Crippen LogP contribution is -2.39. The minimum absolute atomic E-state index is 0.219. The molecule has 0 atom stereocenters. The van der Waals surface area contributed by atoms with Crippen LogP contribution in [0.4, 0.5) is 24.5 Å². The number of anilines is 2. The van der Waals surface area contributed by atoms with E-state index >= 15 is 0 Å². The number of benzene rings is 2. The van der Waals surface area contributed by atoms with E-state index in [1.165, 1.54) is 11.8 Å². The lowest BCUT2D eigenvalue weighted by atomic mass is 9.77. The second-order valence-corrected chi connectivity index (χ2v) is 10.9. The molecular weight excluding hydrogens is 465 g/mol. The maximum Gasteiger partial charge on any atom is 0.454 e. The molecule has 0 amide bonds. The fourth-order valence-corrected chi connectivity index (χ4v) is 4.47. The van der Waals surface area contributed by atoms with Gasteiger partial charge in [0.15, 0.2) is 0 Å². The number of ketones is 1. The number of carbonyl (C=O) groups is 1. The number of ether oxygens (including phenoxy) is 1. The van der Waals surface area contributed by atoms with Crippen LogP contribution in [-0.4, -0.2) is 25.0 Å². The van der Waals surface area contributed by atoms with Crippen LogP contribution in [0.15, 0.2) is 72.1 Å². The van der Waals surface area contributed by atoms with E-state index < -0.39 is 17.4 Å². The fourth-order valence-electron chi connectivity index (χ4n) is 4.47. The van der Waals surface area contributed by atoms with Crippen molar-refractivity contribution >= 4 is 17.2 Å². The Morgan fingerprint density at radius 2 is 1.22 bits per heavy atom. The van der Waals surface area contributed by atoms with Gasteiger partial charge in [-0.3, -0.25) is 4.79 Å². The van der Waals surface area contributed by atoms with E-state index in [9.17, 15) is 18.0 Å². The van der Waals surface area contributed by atoms with Gasteiger partial charge >= 0.3 is 6.18 Å². The molecule has 2 aliphatic rings. The number of hydrogen-bond acceptors (Lipinski definition) is 4. The van der Waals surface area contributed by atoms with Crippen LogP contribution in [-0.2, 0) is 4.79 Å². The van der Waals surface area contributed by atoms with E-state index in [1.54, 1.807) is 43.0 Å². The normalized spacial score (nSPS) is 19.4. The summed E-state index contributed by atoms with van der Waals surface area (Å²) < 4.78 is 45.3. The van der Waals surface area contributed by atoms with E-state index in [2.05, 4.69) is 31.9 Å². The molecule has 0 aromatic heterocycles. The Bertz CT molecular complexity index is 1180. The second-order valence-electron chi connectivity index (χ2n) is 10.9. The van der Waals surface area contributed by atoms with Gasteiger partial charge in [0.2, 0.25) is 0 Å². The van der Waals surface area contributed by atoms with Crippen LogP contribution >= 0.6 is 0 Å². The van der Waals surface area contributed by atoms with Gasteiger partial charge in [-0.25, -0.2) is 0 Å². The summed E-state index contributed by atoms with van der Waals surface area (Å²) in [5.74, 6) is -0.461. The van der Waals surface area contributed by atoms with Crippen LogP contribution in [0.25, 0.3) is 0 Å². The minimum atomic E-state index is -4.89. The first-order chi connectivity index (χ1) is 16.8. The number of alkyl halides is 3. The van der Waals surface area contributed by atoms with Crippen molar-refractivity contribution < 1.29 is 22.7 Å². The van der Waals surface area contributed by atoms with Crippen molar-refractivity contribution in [3.05, 3.63) is 72.1 Å². The van der Waals surface area contributed by atoms with E-state index in [-0.39, 0.29) is 11.0 Å². The van der Waals surface area contributed by atoms with Gasteiger partial charge in [-0.15, -0.1) is 0 Å². The van der Waals surface area contributed by atoms with Gasteiger partial charge in [0.25, 0.3) is 5.78 Å². The minimum Gasteiger partial charge on any atom is -0.457 e. The van der Waals surface area contributed by atoms with E-state index in [0.717, 1.165) is 18.7 Å². The van der Waals surface area contributed by atoms with Gasteiger partial charge in [-0.1, -0.05) is 33.3 Å². The maximum atomic E-state index is 13.1. The molecule has 0 saturated carbocycles. The Hall–Kier alpha value is -3.22. The molecule has 2 heterocycles. The predicted molar refractivity (Wildman–Crippen MR) is 137 cm³/mol. The van der Waals surface area contributed by atoms with Crippen molar-refractivity contribution in [2.75, 3.05) is 22.9 Å². The molecule has 0 unspecified atom stereocenters. The molecule has 4 rings (SSSR count). The van der Waals surface area contributed by atoms with Gasteiger partial charge in [0.1, 0.15) is 11.5 Å². The molecule has 0 radical (unpaired) electrons. The topological polar surface area (TPSA) is 32.8 Å². The van der Waals surface area contributed by atoms with E-state index in [4.69, 9.17) is 4.74 Å². The van der Waals surface area contributed by atoms with Crippen molar-refractivity contribution in [2.24, 2.45) is 10.8 Å². The van der Waals surface area contributed by atoms with Gasteiger partial charge in [0, 0.05) is 42.4 Å². The monoisotopic (exact) mass is 498 g/mol. The number of nitrogens with zero attached hydrogens (tertiary/aromatic N) is 2. The zero-order chi connectivity index (χ0) is 26.3. The lowest BCUT2D eigenvalue weighted by molar-refractivity contribution is -0.167. The summed E-state index contributed by atoms with van der Waals surface area (Å²) in [7, 11) is 0. The first kappa shape index (κ1) is 25.9. The average molecular weight is 499 g/mol. The van der Waals surface area contributed by atoms with Crippen molar-refractivity contribution in [3.8, 4) is 11.5 Å². The molecule has 192 valence electrons. The third-order valence-corrected chi connectivity index (χ3v) is 7.46. The van der Waals surface area contributed by atoms with Crippen LogP contribution in [0, 0.1) is 10.8 Å². The predicted octanol–water partition coefficient (Wildman–Crippen LogP) is 7.87. The van der Waals surface area contributed by atoms with Crippen LogP contribution in [0.3, 0.4) is 0 Å². The Morgan fingerprint density at radius 1 is 0.778 bits per heavy atom. The molecule has 2 aromatic carbocycles. The molecule has 2 aromatic rings. The van der Waals surface area contributed by atoms with Crippen molar-refractivity contribution in [1.82, 2.24) is 0 Å². The average Bonchev–Trinajstić information content (AvgIpc) is 2.81. The van der Waals surface area contributed by atoms with E-state index in [0.29, 0.717) is 30.2 Å². The van der Waals surface area contributed by atoms with Crippen molar-refractivity contribution in [1.29, 1.82) is 0 Å². The van der Waals surface area contributed by atoms with Crippen LogP contribution < -0.4 is 14.5 Å². The summed E-state index contributed by atoms with van der Waals surface area (Å²) in [6.45, 7) is 11.5. The number of allylic oxidation sites excluding steroid dienone is 2. The molecular formula is C29H33F3N2O2. The van der Waals surface area contributed by atoms with Crippen molar-refractivity contribution in [3.63, 3.8) is 0 Å². The largest absolute Gasteiger partial charge is 0.457 e. The fraction of sp³-hybridized carbons (Fsp3) is 0.414. The highest BCUT2D eigenvalue weighted by Gasteiger charge is 2.46. The Kier molecular flexibility index (Phi) is 6.71. The first-order valence-corrected chi connectivity index (χ1v) is 12.2. The summed E-state index contributed by atoms with van der Waals surface area (Å²) in [4.78, 5) is 15.9. The maximum absolute atomic E-state index is 13.1. The first-order valence-electron chi connectivity index (χ1n) is 12.2. The molecule has 0 fully saturated rings. The Labute approximate surface area is 211 Å². The SMILES string of the molecule is CC1=CN(c2ccc(Oc3ccc(N4C=C(C(=O)C(F)(F)F)C(C)(C)CC4)cc3)cc2)CCC1(C)C. The molecule has 0 bridgehead atoms. The Balaban J connectivity index is 1.45. The quantitative estimate of drug-likeness (QED) is 0.420. The smallest absolute Gasteiger partial charge is 0.454 e. The number of hydrogen-bond donors (Lipinski definition) is 0. The number of halogens is 3. The number of carbonyl (C=O) groups excluding carboxylic acids is 1. The summed E-state index contributed by atoms with van der Waals surface area (Å²) >= 11 is 0. The highest BCUT2D eigenvalue weighted by Crippen LogP contribution is 2.40. The molecule has 2 aliphatic heterocycles. The van der Waals surface area contributed by atoms with Crippen LogP contribution in [0.1, 0.15) is 47.5 Å². The van der Waals surface area contributed by atoms with Gasteiger partial charge < -0.3 is 14.5 Å². The third kappa shape index (κ3) is 5.45. The second kappa shape index (κ2) is 9.34. The molecule has 7 heteroatoms. The van der Waals surface area contributed by atoms with Crippen LogP contribution in [0.5, 0.6) is 11.5 Å². The van der Waals surface area contributed by atoms with E-state index in [1.807, 2.05) is 24.3 Å². The lowest BCUT2D eigenvalue weighted by Gasteiger charge is -2.37. The van der Waals surface area contributed by atoms with Gasteiger partial charge in [0.05, 0.1) is 0 Å². The zero-order valence-electron chi connectivity index (χ0n) is 21.4. The summed E-state index contributed by atoms with van der Waals surface area (Å²) in [6, 6.07) is 15.1. The molecule has 36 heavy (non-hydrogen) atoms. The summed E-state index contributed by atoms with van der Waals surface area (Å²) in [5.41, 5.74) is 2.34. The van der Waals surface area contributed by atoms with Gasteiger partial charge in [-0.2, -0.15) is 13.2 Å². The third-order valence-electron chi connectivity index (χ3n) is 7.46. The molecule has 0 aliphatic carbocycles. The number of rotatable bonds is 5. The summed E-state index contributed by atoms with van der Waals surface area (Å²) in [5, 5.41) is 0. The highest BCUT2D eigenvalue weighted by atomic mass is 19.4. The number of Topliss-reactive ketones (excluding diaryl/α,β-unsaturated/α-hetero) is 1. The molecule has 4 nitrogen and oxygen atoms in total. The molecule has 0 saturated heterocycles. The van der Waals surface area contributed by atoms with Crippen LogP contribution in [0.2, 0.25) is 0 Å². The Morgan fingerprint density at radius 3 is 1.67 bits per heavy atom. The highest BCUT2D eigenvalue weighted by molar-refractivity contribution is 6.01. The molecule has 0 spiro atoms.